The molecule has 5 atom stereocenters. The number of thioether (sulfide) groups is 1. The summed E-state index contributed by atoms with van der Waals surface area (Å²) >= 11 is 2.97. The summed E-state index contributed by atoms with van der Waals surface area (Å²) in [6.45, 7) is 4.11. The van der Waals surface area contributed by atoms with E-state index in [4.69, 9.17) is 0 Å². The Morgan fingerprint density at radius 1 is 1.45 bits per heavy atom. The summed E-state index contributed by atoms with van der Waals surface area (Å²) in [6.07, 6.45) is 5.47. The molecule has 20 heavy (non-hydrogen) atoms. The molecule has 2 fully saturated rings. The molecule has 1 aromatic rings. The van der Waals surface area contributed by atoms with Gasteiger partial charge in [0.05, 0.1) is 5.25 Å². The molecule has 3 rings (SSSR count). The highest BCUT2D eigenvalue weighted by Crippen LogP contribution is 2.49. The van der Waals surface area contributed by atoms with Gasteiger partial charge in [0.15, 0.2) is 4.34 Å². The van der Waals surface area contributed by atoms with Crippen LogP contribution in [0.15, 0.2) is 9.85 Å². The van der Waals surface area contributed by atoms with Crippen LogP contribution in [0, 0.1) is 17.8 Å². The van der Waals surface area contributed by atoms with Crippen molar-refractivity contribution in [2.75, 3.05) is 0 Å². The fraction of sp³-hybridized carbons (Fsp3) is 0.786. The molecule has 0 spiro atoms. The van der Waals surface area contributed by atoms with Crippen molar-refractivity contribution < 1.29 is 4.79 Å². The van der Waals surface area contributed by atoms with Gasteiger partial charge in [0.25, 0.3) is 0 Å². The number of rotatable bonds is 5. The van der Waals surface area contributed by atoms with E-state index in [1.807, 2.05) is 6.92 Å². The Balaban J connectivity index is 1.50. The average molecular weight is 311 g/mol. The molecule has 2 aliphatic rings. The molecule has 1 heterocycles. The van der Waals surface area contributed by atoms with E-state index in [1.54, 1.807) is 5.51 Å². The van der Waals surface area contributed by atoms with Gasteiger partial charge in [-0.3, -0.25) is 4.79 Å². The largest absolute Gasteiger partial charge is 0.352 e. The van der Waals surface area contributed by atoms with E-state index in [9.17, 15) is 4.79 Å². The van der Waals surface area contributed by atoms with Gasteiger partial charge < -0.3 is 5.32 Å². The topological polar surface area (TPSA) is 54.9 Å². The first-order valence-electron chi connectivity index (χ1n) is 7.36. The van der Waals surface area contributed by atoms with E-state index in [1.165, 1.54) is 48.8 Å². The van der Waals surface area contributed by atoms with Gasteiger partial charge in [0, 0.05) is 6.04 Å². The number of hydrogen-bond donors (Lipinski definition) is 1. The molecule has 2 aliphatic carbocycles. The van der Waals surface area contributed by atoms with Crippen LogP contribution >= 0.6 is 23.1 Å². The van der Waals surface area contributed by atoms with Gasteiger partial charge in [0.1, 0.15) is 5.51 Å². The maximum Gasteiger partial charge on any atom is 0.233 e. The monoisotopic (exact) mass is 311 g/mol. The van der Waals surface area contributed by atoms with Crippen molar-refractivity contribution in [3.8, 4) is 0 Å². The standard InChI is InChI=1S/C14H21N3OS2/c1-8(12-6-10-3-4-11(12)5-10)16-13(18)9(2)20-14-17-15-7-19-14/h7-12H,3-6H2,1-2H3,(H,16,18). The molecule has 1 aromatic heterocycles. The Kier molecular flexibility index (Phi) is 4.31. The lowest BCUT2D eigenvalue weighted by Crippen LogP contribution is -2.43. The summed E-state index contributed by atoms with van der Waals surface area (Å²) < 4.78 is 0.861. The fourth-order valence-electron chi connectivity index (χ4n) is 3.77. The lowest BCUT2D eigenvalue weighted by atomic mass is 9.84. The fourth-order valence-corrected chi connectivity index (χ4v) is 5.41. The Labute approximate surface area is 128 Å². The summed E-state index contributed by atoms with van der Waals surface area (Å²) in [5.41, 5.74) is 1.70. The van der Waals surface area contributed by atoms with Crippen LogP contribution in [0.5, 0.6) is 0 Å². The van der Waals surface area contributed by atoms with Crippen LogP contribution in [0.4, 0.5) is 0 Å². The highest BCUT2D eigenvalue weighted by molar-refractivity contribution is 8.02. The molecule has 4 nitrogen and oxygen atoms in total. The molecule has 1 N–H and O–H groups in total. The van der Waals surface area contributed by atoms with Crippen LogP contribution in [-0.2, 0) is 4.79 Å². The minimum Gasteiger partial charge on any atom is -0.352 e. The third kappa shape index (κ3) is 3.01. The third-order valence-corrected chi connectivity index (χ3v) is 6.70. The van der Waals surface area contributed by atoms with Crippen molar-refractivity contribution in [2.45, 2.75) is 55.2 Å². The third-order valence-electron chi connectivity index (χ3n) is 4.79. The zero-order valence-corrected chi connectivity index (χ0v) is 13.5. The number of amides is 1. The van der Waals surface area contributed by atoms with E-state index >= 15 is 0 Å². The van der Waals surface area contributed by atoms with Crippen LogP contribution in [0.2, 0.25) is 0 Å². The van der Waals surface area contributed by atoms with E-state index < -0.39 is 0 Å². The van der Waals surface area contributed by atoms with E-state index in [0.717, 1.165) is 16.2 Å². The van der Waals surface area contributed by atoms with Gasteiger partial charge in [-0.05, 0) is 50.9 Å². The predicted octanol–water partition coefficient (Wildman–Crippen LogP) is 2.96. The zero-order chi connectivity index (χ0) is 14.1. The molecule has 0 saturated heterocycles. The SMILES string of the molecule is CC(Sc1nncs1)C(=O)NC(C)C1CC2CCC1C2. The van der Waals surface area contributed by atoms with Gasteiger partial charge >= 0.3 is 0 Å². The summed E-state index contributed by atoms with van der Waals surface area (Å²) in [5.74, 6) is 2.59. The number of hydrogen-bond acceptors (Lipinski definition) is 5. The molecular weight excluding hydrogens is 290 g/mol. The smallest absolute Gasteiger partial charge is 0.233 e. The lowest BCUT2D eigenvalue weighted by molar-refractivity contribution is -0.121. The summed E-state index contributed by atoms with van der Waals surface area (Å²) in [7, 11) is 0. The Morgan fingerprint density at radius 3 is 2.90 bits per heavy atom. The molecule has 0 aromatic carbocycles. The van der Waals surface area contributed by atoms with Crippen LogP contribution in [0.25, 0.3) is 0 Å². The second-order valence-corrected chi connectivity index (χ2v) is 8.52. The summed E-state index contributed by atoms with van der Waals surface area (Å²) in [4.78, 5) is 12.3. The number of carbonyl (C=O) groups is 1. The van der Waals surface area contributed by atoms with Gasteiger partial charge in [-0.2, -0.15) is 0 Å². The molecule has 1 amide bonds. The van der Waals surface area contributed by atoms with Crippen molar-refractivity contribution in [1.29, 1.82) is 0 Å². The van der Waals surface area contributed by atoms with Gasteiger partial charge in [-0.1, -0.05) is 29.5 Å². The molecule has 5 unspecified atom stereocenters. The quantitative estimate of drug-likeness (QED) is 0.850. The molecule has 6 heteroatoms. The van der Waals surface area contributed by atoms with Crippen LogP contribution in [0.3, 0.4) is 0 Å². The highest BCUT2D eigenvalue weighted by atomic mass is 32.2. The Bertz CT molecular complexity index is 465. The van der Waals surface area contributed by atoms with Crippen molar-refractivity contribution >= 4 is 29.0 Å². The van der Waals surface area contributed by atoms with Crippen molar-refractivity contribution in [3.05, 3.63) is 5.51 Å². The number of fused-ring (bicyclic) bond motifs is 2. The number of nitrogens with one attached hydrogen (secondary N) is 1. The molecule has 2 bridgehead atoms. The predicted molar refractivity (Wildman–Crippen MR) is 81.8 cm³/mol. The summed E-state index contributed by atoms with van der Waals surface area (Å²) in [6, 6.07) is 0.301. The number of nitrogens with zero attached hydrogens (tertiary/aromatic N) is 2. The lowest BCUT2D eigenvalue weighted by Gasteiger charge is -2.29. The van der Waals surface area contributed by atoms with Crippen molar-refractivity contribution in [3.63, 3.8) is 0 Å². The molecule has 110 valence electrons. The molecular formula is C14H21N3OS2. The van der Waals surface area contributed by atoms with Gasteiger partial charge in [-0.15, -0.1) is 10.2 Å². The van der Waals surface area contributed by atoms with Gasteiger partial charge in [0.2, 0.25) is 5.91 Å². The summed E-state index contributed by atoms with van der Waals surface area (Å²) in [5, 5.41) is 10.9. The number of aromatic nitrogens is 2. The van der Waals surface area contributed by atoms with Crippen LogP contribution in [-0.4, -0.2) is 27.4 Å². The molecule has 0 radical (unpaired) electrons. The molecule has 0 aliphatic heterocycles. The minimum absolute atomic E-state index is 0.107. The van der Waals surface area contributed by atoms with E-state index in [2.05, 4.69) is 22.4 Å². The first-order chi connectivity index (χ1) is 9.63. The van der Waals surface area contributed by atoms with Crippen LogP contribution in [0.1, 0.15) is 39.5 Å². The number of carbonyl (C=O) groups excluding carboxylic acids is 1. The Hall–Kier alpha value is -0.620. The molecule has 2 saturated carbocycles. The highest BCUT2D eigenvalue weighted by Gasteiger charge is 2.42. The normalized spacial score (nSPS) is 31.2. The second-order valence-electron chi connectivity index (χ2n) is 6.10. The first kappa shape index (κ1) is 14.3. The van der Waals surface area contributed by atoms with E-state index in [0.29, 0.717) is 12.0 Å². The van der Waals surface area contributed by atoms with Crippen LogP contribution < -0.4 is 5.32 Å². The average Bonchev–Trinajstić information content (AvgIpc) is 3.15. The Morgan fingerprint density at radius 2 is 2.30 bits per heavy atom. The maximum absolute atomic E-state index is 12.3. The van der Waals surface area contributed by atoms with Crippen molar-refractivity contribution in [1.82, 2.24) is 15.5 Å². The van der Waals surface area contributed by atoms with E-state index in [-0.39, 0.29) is 11.2 Å². The zero-order valence-electron chi connectivity index (χ0n) is 11.9. The maximum atomic E-state index is 12.3. The van der Waals surface area contributed by atoms with Crippen molar-refractivity contribution in [2.24, 2.45) is 17.8 Å². The van der Waals surface area contributed by atoms with Gasteiger partial charge in [-0.25, -0.2) is 0 Å². The second kappa shape index (κ2) is 6.02. The minimum atomic E-state index is -0.107. The first-order valence-corrected chi connectivity index (χ1v) is 9.12.